The lowest BCUT2D eigenvalue weighted by atomic mass is 9.98. The van der Waals surface area contributed by atoms with Crippen LogP contribution in [0.15, 0.2) is 0 Å². The van der Waals surface area contributed by atoms with Crippen LogP contribution in [0.4, 0.5) is 4.79 Å². The van der Waals surface area contributed by atoms with Crippen molar-refractivity contribution in [1.29, 1.82) is 0 Å². The summed E-state index contributed by atoms with van der Waals surface area (Å²) in [6, 6.07) is -1.76. The minimum atomic E-state index is -1.11. The number of nitrogens with zero attached hydrogens (tertiary/aromatic N) is 1. The molecular weight excluding hydrogens is 406 g/mol. The summed E-state index contributed by atoms with van der Waals surface area (Å²) in [6.07, 6.45) is 0.774. The molecule has 0 aromatic carbocycles. The Labute approximate surface area is 183 Å². The molecule has 3 N–H and O–H groups in total. The average Bonchev–Trinajstić information content (AvgIpc) is 3.16. The largest absolute Gasteiger partial charge is 0.480 e. The van der Waals surface area contributed by atoms with Gasteiger partial charge in [-0.1, -0.05) is 20.3 Å². The Balaban J connectivity index is 2.55. The zero-order valence-electron chi connectivity index (χ0n) is 19.0. The normalized spacial score (nSPS) is 18.1. The Morgan fingerprint density at radius 1 is 1.16 bits per heavy atom. The molecule has 3 atom stereocenters. The number of nitrogens with one attached hydrogen (secondary N) is 2. The van der Waals surface area contributed by atoms with Crippen molar-refractivity contribution in [3.05, 3.63) is 0 Å². The van der Waals surface area contributed by atoms with E-state index in [9.17, 15) is 29.1 Å². The molecule has 3 amide bonds. The summed E-state index contributed by atoms with van der Waals surface area (Å²) >= 11 is 0. The molecule has 1 fully saturated rings. The summed E-state index contributed by atoms with van der Waals surface area (Å²) in [4.78, 5) is 61.6. The number of ketones is 1. The molecule has 1 rings (SSSR count). The number of carboxylic acids is 1. The van der Waals surface area contributed by atoms with Crippen molar-refractivity contribution in [2.24, 2.45) is 5.92 Å². The topological polar surface area (TPSA) is 142 Å². The molecule has 0 aromatic heterocycles. The molecule has 0 aromatic rings. The third kappa shape index (κ3) is 8.94. The molecule has 1 aliphatic rings. The van der Waals surface area contributed by atoms with E-state index in [0.717, 1.165) is 0 Å². The number of carboxylic acid groups (broad SMARTS) is 1. The number of amides is 3. The number of carbonyl (C=O) groups is 5. The number of aliphatic carboxylic acids is 1. The van der Waals surface area contributed by atoms with Crippen LogP contribution in [0.3, 0.4) is 0 Å². The number of likely N-dealkylation sites (tertiary alicyclic amines) is 1. The van der Waals surface area contributed by atoms with Gasteiger partial charge in [-0.25, -0.2) is 9.59 Å². The standard InChI is InChI=1S/C21H35N3O7/c1-6-13(2)17(19(28)29)23-18(27)15-8-7-11-24(15)16(26)10-9-14(25)12-22-20(30)31-21(3,4)5/h13,15,17H,6-12H2,1-5H3,(H,22,30)(H,23,27)(H,28,29)/t13-,15-,17?/m0/s1. The van der Waals surface area contributed by atoms with Crippen LogP contribution < -0.4 is 10.6 Å². The van der Waals surface area contributed by atoms with Gasteiger partial charge < -0.3 is 25.4 Å². The van der Waals surface area contributed by atoms with Gasteiger partial charge in [0, 0.05) is 19.4 Å². The van der Waals surface area contributed by atoms with Crippen molar-refractivity contribution in [3.8, 4) is 0 Å². The first-order valence-electron chi connectivity index (χ1n) is 10.7. The summed E-state index contributed by atoms with van der Waals surface area (Å²) in [5, 5.41) is 14.3. The Hall–Kier alpha value is -2.65. The second-order valence-corrected chi connectivity index (χ2v) is 8.85. The first kappa shape index (κ1) is 26.4. The lowest BCUT2D eigenvalue weighted by molar-refractivity contribution is -0.145. The van der Waals surface area contributed by atoms with Crippen LogP contribution in [0.25, 0.3) is 0 Å². The fourth-order valence-electron chi connectivity index (χ4n) is 3.23. The minimum absolute atomic E-state index is 0.0793. The van der Waals surface area contributed by atoms with Crippen LogP contribution in [-0.2, 0) is 23.9 Å². The second-order valence-electron chi connectivity index (χ2n) is 8.85. The van der Waals surface area contributed by atoms with Crippen molar-refractivity contribution in [3.63, 3.8) is 0 Å². The Kier molecular flexibility index (Phi) is 9.93. The lowest BCUT2D eigenvalue weighted by Crippen LogP contribution is -2.52. The van der Waals surface area contributed by atoms with E-state index in [-0.39, 0.29) is 37.0 Å². The zero-order valence-corrected chi connectivity index (χ0v) is 19.0. The molecule has 1 heterocycles. The number of ether oxygens (including phenoxy) is 1. The van der Waals surface area contributed by atoms with E-state index in [4.69, 9.17) is 4.74 Å². The summed E-state index contributed by atoms with van der Waals surface area (Å²) < 4.78 is 5.04. The van der Waals surface area contributed by atoms with Gasteiger partial charge in [0.05, 0.1) is 6.54 Å². The first-order valence-corrected chi connectivity index (χ1v) is 10.7. The van der Waals surface area contributed by atoms with Crippen LogP contribution in [-0.4, -0.2) is 70.4 Å². The maximum Gasteiger partial charge on any atom is 0.408 e. The maximum atomic E-state index is 12.6. The molecule has 0 spiro atoms. The summed E-state index contributed by atoms with van der Waals surface area (Å²) in [5.74, 6) is -2.53. The highest BCUT2D eigenvalue weighted by atomic mass is 16.6. The Bertz CT molecular complexity index is 687. The zero-order chi connectivity index (χ0) is 23.8. The van der Waals surface area contributed by atoms with Crippen LogP contribution >= 0.6 is 0 Å². The highest BCUT2D eigenvalue weighted by Crippen LogP contribution is 2.20. The van der Waals surface area contributed by atoms with Gasteiger partial charge in [-0.15, -0.1) is 0 Å². The highest BCUT2D eigenvalue weighted by Gasteiger charge is 2.36. The predicted octanol–water partition coefficient (Wildman–Crippen LogP) is 1.47. The maximum absolute atomic E-state index is 12.6. The molecule has 1 unspecified atom stereocenters. The third-order valence-corrected chi connectivity index (χ3v) is 5.10. The van der Waals surface area contributed by atoms with Crippen molar-refractivity contribution >= 4 is 29.7 Å². The van der Waals surface area contributed by atoms with E-state index in [1.807, 2.05) is 6.92 Å². The number of hydrogen-bond donors (Lipinski definition) is 3. The average molecular weight is 442 g/mol. The predicted molar refractivity (Wildman–Crippen MR) is 112 cm³/mol. The van der Waals surface area contributed by atoms with Crippen LogP contribution in [0.5, 0.6) is 0 Å². The van der Waals surface area contributed by atoms with Crippen LogP contribution in [0.2, 0.25) is 0 Å². The molecule has 0 radical (unpaired) electrons. The smallest absolute Gasteiger partial charge is 0.408 e. The van der Waals surface area contributed by atoms with Gasteiger partial charge in [0.15, 0.2) is 5.78 Å². The van der Waals surface area contributed by atoms with Gasteiger partial charge in [-0.3, -0.25) is 14.4 Å². The van der Waals surface area contributed by atoms with Gasteiger partial charge in [0.25, 0.3) is 0 Å². The summed E-state index contributed by atoms with van der Waals surface area (Å²) in [7, 11) is 0. The van der Waals surface area contributed by atoms with Crippen molar-refractivity contribution in [2.45, 2.75) is 84.4 Å². The monoisotopic (exact) mass is 441 g/mol. The van der Waals surface area contributed by atoms with Gasteiger partial charge in [-0.05, 0) is 39.5 Å². The molecule has 176 valence electrons. The van der Waals surface area contributed by atoms with Crippen molar-refractivity contribution < 1.29 is 33.8 Å². The van der Waals surface area contributed by atoms with Crippen molar-refractivity contribution in [2.75, 3.05) is 13.1 Å². The second kappa shape index (κ2) is 11.7. The van der Waals surface area contributed by atoms with Crippen LogP contribution in [0.1, 0.15) is 66.7 Å². The number of carbonyl (C=O) groups excluding carboxylic acids is 4. The van der Waals surface area contributed by atoms with Gasteiger partial charge in [0.1, 0.15) is 17.7 Å². The molecule has 0 aliphatic carbocycles. The van der Waals surface area contributed by atoms with E-state index in [2.05, 4.69) is 10.6 Å². The Morgan fingerprint density at radius 3 is 2.35 bits per heavy atom. The SMILES string of the molecule is CC[C@H](C)C(NC(=O)[C@@H]1CCCN1C(=O)CCC(=O)CNC(=O)OC(C)(C)C)C(=O)O. The number of rotatable bonds is 10. The fraction of sp³-hybridized carbons (Fsp3) is 0.762. The van der Waals surface area contributed by atoms with Gasteiger partial charge in [-0.2, -0.15) is 0 Å². The van der Waals surface area contributed by atoms with E-state index in [1.165, 1.54) is 4.90 Å². The number of hydrogen-bond acceptors (Lipinski definition) is 6. The summed E-state index contributed by atoms with van der Waals surface area (Å²) in [5.41, 5.74) is -0.678. The molecule has 10 heteroatoms. The highest BCUT2D eigenvalue weighted by molar-refractivity contribution is 5.92. The number of Topliss-reactive ketones (excluding diaryl/α,β-unsaturated/α-hetero) is 1. The molecule has 1 aliphatic heterocycles. The minimum Gasteiger partial charge on any atom is -0.480 e. The lowest BCUT2D eigenvalue weighted by Gasteiger charge is -2.27. The third-order valence-electron chi connectivity index (χ3n) is 5.10. The number of alkyl carbamates (subject to hydrolysis) is 1. The Morgan fingerprint density at radius 2 is 1.81 bits per heavy atom. The quantitative estimate of drug-likeness (QED) is 0.466. The molecule has 31 heavy (non-hydrogen) atoms. The first-order chi connectivity index (χ1) is 14.4. The summed E-state index contributed by atoms with van der Waals surface area (Å²) in [6.45, 7) is 8.83. The molecule has 1 saturated heterocycles. The van der Waals surface area contributed by atoms with E-state index < -0.39 is 35.7 Å². The van der Waals surface area contributed by atoms with E-state index in [0.29, 0.717) is 25.8 Å². The molecule has 0 bridgehead atoms. The molecular formula is C21H35N3O7. The van der Waals surface area contributed by atoms with Crippen LogP contribution in [0, 0.1) is 5.92 Å². The fourth-order valence-corrected chi connectivity index (χ4v) is 3.23. The van der Waals surface area contributed by atoms with E-state index >= 15 is 0 Å². The molecule has 10 nitrogen and oxygen atoms in total. The molecule has 0 saturated carbocycles. The van der Waals surface area contributed by atoms with Gasteiger partial charge >= 0.3 is 12.1 Å². The van der Waals surface area contributed by atoms with Crippen molar-refractivity contribution in [1.82, 2.24) is 15.5 Å². The van der Waals surface area contributed by atoms with Gasteiger partial charge in [0.2, 0.25) is 11.8 Å². The van der Waals surface area contributed by atoms with E-state index in [1.54, 1.807) is 27.7 Å².